The molecule has 20 heavy (non-hydrogen) atoms. The molecule has 106 valence electrons. The number of rotatable bonds is 2. The van der Waals surface area contributed by atoms with Crippen LogP contribution in [0.4, 0.5) is 13.2 Å². The fourth-order valence-corrected chi connectivity index (χ4v) is 2.07. The normalized spacial score (nSPS) is 11.7. The van der Waals surface area contributed by atoms with E-state index in [1.165, 1.54) is 6.07 Å². The largest absolute Gasteiger partial charge is 0.406 e. The number of hydrogen-bond donors (Lipinski definition) is 0. The molecule has 7 heteroatoms. The lowest BCUT2D eigenvalue weighted by molar-refractivity contribution is -0.138. The molecule has 0 aliphatic carbocycles. The molecule has 1 amide bonds. The van der Waals surface area contributed by atoms with Crippen molar-refractivity contribution in [3.63, 3.8) is 0 Å². The van der Waals surface area contributed by atoms with E-state index < -0.39 is 18.6 Å². The average molecular weight is 303 g/mol. The van der Waals surface area contributed by atoms with Crippen LogP contribution < -0.4 is 0 Å². The maximum Gasteiger partial charge on any atom is 0.406 e. The summed E-state index contributed by atoms with van der Waals surface area (Å²) in [6, 6.07) is 8.36. The first-order chi connectivity index (χ1) is 9.28. The van der Waals surface area contributed by atoms with Gasteiger partial charge in [-0.05, 0) is 11.5 Å². The molecule has 2 rings (SSSR count). The molecule has 1 aromatic carbocycles. The molecular weight excluding hydrogens is 293 g/mol. The summed E-state index contributed by atoms with van der Waals surface area (Å²) in [6.45, 7) is -1.34. The third-order valence-electron chi connectivity index (χ3n) is 2.68. The highest BCUT2D eigenvalue weighted by Gasteiger charge is 2.32. The van der Waals surface area contributed by atoms with E-state index in [-0.39, 0.29) is 10.8 Å². The van der Waals surface area contributed by atoms with Crippen LogP contribution in [0, 0.1) is 0 Å². The summed E-state index contributed by atoms with van der Waals surface area (Å²) in [5.41, 5.74) is -0.111. The predicted molar refractivity (Wildman–Crippen MR) is 69.8 cm³/mol. The molecule has 0 aliphatic rings. The predicted octanol–water partition coefficient (Wildman–Crippen LogP) is 3.52. The zero-order valence-electron chi connectivity index (χ0n) is 10.4. The van der Waals surface area contributed by atoms with E-state index in [0.717, 1.165) is 7.05 Å². The third kappa shape index (κ3) is 3.19. The van der Waals surface area contributed by atoms with E-state index in [0.29, 0.717) is 15.7 Å². The topological polar surface area (TPSA) is 33.2 Å². The van der Waals surface area contributed by atoms with Crippen LogP contribution in [0.2, 0.25) is 5.15 Å². The quantitative estimate of drug-likeness (QED) is 0.795. The zero-order chi connectivity index (χ0) is 14.9. The molecule has 0 radical (unpaired) electrons. The molecule has 0 N–H and O–H groups in total. The Morgan fingerprint density at radius 3 is 2.65 bits per heavy atom. The number of hydrogen-bond acceptors (Lipinski definition) is 2. The molecule has 1 aromatic heterocycles. The summed E-state index contributed by atoms with van der Waals surface area (Å²) in [6.07, 6.45) is -4.45. The molecular formula is C13H10ClF3N2O. The number of fused-ring (bicyclic) bond motifs is 1. The average Bonchev–Trinajstić information content (AvgIpc) is 2.35. The second-order valence-corrected chi connectivity index (χ2v) is 4.65. The van der Waals surface area contributed by atoms with Gasteiger partial charge in [0, 0.05) is 12.4 Å². The van der Waals surface area contributed by atoms with Gasteiger partial charge in [-0.1, -0.05) is 35.9 Å². The van der Waals surface area contributed by atoms with Crippen LogP contribution in [-0.2, 0) is 0 Å². The van der Waals surface area contributed by atoms with Gasteiger partial charge in [0.2, 0.25) is 0 Å². The third-order valence-corrected chi connectivity index (χ3v) is 2.96. The number of aromatic nitrogens is 1. The van der Waals surface area contributed by atoms with E-state index >= 15 is 0 Å². The van der Waals surface area contributed by atoms with Crippen molar-refractivity contribution in [3.05, 3.63) is 41.2 Å². The summed E-state index contributed by atoms with van der Waals surface area (Å²) in [5, 5.41) is 1.38. The Morgan fingerprint density at radius 2 is 2.00 bits per heavy atom. The molecule has 0 spiro atoms. The van der Waals surface area contributed by atoms with Crippen LogP contribution in [0.15, 0.2) is 30.3 Å². The zero-order valence-corrected chi connectivity index (χ0v) is 11.2. The second-order valence-electron chi connectivity index (χ2n) is 4.30. The molecule has 0 atom stereocenters. The van der Waals surface area contributed by atoms with Crippen molar-refractivity contribution in [2.45, 2.75) is 6.18 Å². The van der Waals surface area contributed by atoms with Gasteiger partial charge in [0.1, 0.15) is 17.4 Å². The minimum atomic E-state index is -4.45. The summed E-state index contributed by atoms with van der Waals surface area (Å²) < 4.78 is 36.8. The standard InChI is InChI=1S/C13H10ClF3N2O/c1-19(7-13(15,16)17)12(20)10-6-8-4-2-3-5-9(8)11(14)18-10/h2-6H,7H2,1H3. The van der Waals surface area contributed by atoms with Gasteiger partial charge in [0.05, 0.1) is 0 Å². The SMILES string of the molecule is CN(CC(F)(F)F)C(=O)c1cc2ccccc2c(Cl)n1. The number of carbonyl (C=O) groups is 1. The maximum absolute atomic E-state index is 12.3. The first kappa shape index (κ1) is 14.6. The van der Waals surface area contributed by atoms with Crippen molar-refractivity contribution >= 4 is 28.3 Å². The monoisotopic (exact) mass is 302 g/mol. The van der Waals surface area contributed by atoms with E-state index in [1.54, 1.807) is 24.3 Å². The van der Waals surface area contributed by atoms with Gasteiger partial charge in [-0.3, -0.25) is 4.79 Å². The highest BCUT2D eigenvalue weighted by atomic mass is 35.5. The molecule has 1 heterocycles. The first-order valence-electron chi connectivity index (χ1n) is 5.65. The van der Waals surface area contributed by atoms with E-state index in [9.17, 15) is 18.0 Å². The molecule has 2 aromatic rings. The molecule has 0 aliphatic heterocycles. The van der Waals surface area contributed by atoms with Gasteiger partial charge in [0.15, 0.2) is 0 Å². The number of alkyl halides is 3. The lowest BCUT2D eigenvalue weighted by Gasteiger charge is -2.18. The molecule has 3 nitrogen and oxygen atoms in total. The Morgan fingerprint density at radius 1 is 1.35 bits per heavy atom. The van der Waals surface area contributed by atoms with Gasteiger partial charge in [-0.2, -0.15) is 13.2 Å². The van der Waals surface area contributed by atoms with Crippen molar-refractivity contribution < 1.29 is 18.0 Å². The van der Waals surface area contributed by atoms with Crippen LogP contribution in [0.3, 0.4) is 0 Å². The minimum absolute atomic E-state index is 0.0897. The number of nitrogens with zero attached hydrogens (tertiary/aromatic N) is 2. The Labute approximate surface area is 118 Å². The van der Waals surface area contributed by atoms with Crippen LogP contribution in [-0.4, -0.2) is 35.6 Å². The lowest BCUT2D eigenvalue weighted by atomic mass is 10.1. The highest BCUT2D eigenvalue weighted by molar-refractivity contribution is 6.34. The smallest absolute Gasteiger partial charge is 0.331 e. The number of benzene rings is 1. The van der Waals surface area contributed by atoms with Crippen molar-refractivity contribution in [2.24, 2.45) is 0 Å². The van der Waals surface area contributed by atoms with Gasteiger partial charge < -0.3 is 4.90 Å². The van der Waals surface area contributed by atoms with Crippen molar-refractivity contribution in [3.8, 4) is 0 Å². The number of carbonyl (C=O) groups excluding carboxylic acids is 1. The Balaban J connectivity index is 2.35. The fourth-order valence-electron chi connectivity index (χ4n) is 1.80. The van der Waals surface area contributed by atoms with Crippen LogP contribution in [0.1, 0.15) is 10.5 Å². The van der Waals surface area contributed by atoms with E-state index in [1.807, 2.05) is 0 Å². The van der Waals surface area contributed by atoms with Crippen LogP contribution in [0.5, 0.6) is 0 Å². The van der Waals surface area contributed by atoms with E-state index in [4.69, 9.17) is 11.6 Å². The van der Waals surface area contributed by atoms with Crippen LogP contribution in [0.25, 0.3) is 10.8 Å². The lowest BCUT2D eigenvalue weighted by Crippen LogP contribution is -2.36. The Hall–Kier alpha value is -1.82. The number of pyridine rings is 1. The summed E-state index contributed by atoms with van der Waals surface area (Å²) >= 11 is 5.94. The summed E-state index contributed by atoms with van der Waals surface area (Å²) in [5.74, 6) is -0.824. The van der Waals surface area contributed by atoms with Crippen molar-refractivity contribution in [2.75, 3.05) is 13.6 Å². The molecule has 0 unspecified atom stereocenters. The van der Waals surface area contributed by atoms with Crippen LogP contribution >= 0.6 is 11.6 Å². The summed E-state index contributed by atoms with van der Waals surface area (Å²) in [7, 11) is 1.07. The molecule has 0 saturated heterocycles. The molecule has 0 bridgehead atoms. The van der Waals surface area contributed by atoms with Gasteiger partial charge in [-0.15, -0.1) is 0 Å². The van der Waals surface area contributed by atoms with Gasteiger partial charge >= 0.3 is 6.18 Å². The van der Waals surface area contributed by atoms with Gasteiger partial charge in [-0.25, -0.2) is 4.98 Å². The molecule has 0 fully saturated rings. The number of amides is 1. The van der Waals surface area contributed by atoms with Crippen molar-refractivity contribution in [1.82, 2.24) is 9.88 Å². The van der Waals surface area contributed by atoms with E-state index in [2.05, 4.69) is 4.98 Å². The first-order valence-corrected chi connectivity index (χ1v) is 6.03. The highest BCUT2D eigenvalue weighted by Crippen LogP contribution is 2.23. The Kier molecular flexibility index (Phi) is 3.85. The Bertz CT molecular complexity index is 658. The maximum atomic E-state index is 12.3. The summed E-state index contributed by atoms with van der Waals surface area (Å²) in [4.78, 5) is 16.3. The fraction of sp³-hybridized carbons (Fsp3) is 0.231. The molecule has 0 saturated carbocycles. The minimum Gasteiger partial charge on any atom is -0.331 e. The number of halogens is 4. The second kappa shape index (κ2) is 5.28. The van der Waals surface area contributed by atoms with Gasteiger partial charge in [0.25, 0.3) is 5.91 Å². The van der Waals surface area contributed by atoms with Crippen molar-refractivity contribution in [1.29, 1.82) is 0 Å².